The molecule has 0 radical (unpaired) electrons. The van der Waals surface area contributed by atoms with Crippen LogP contribution in [-0.4, -0.2) is 63.3 Å². The maximum absolute atomic E-state index is 5.55. The average molecular weight is 232 g/mol. The molecule has 1 rings (SSSR count). The summed E-state index contributed by atoms with van der Waals surface area (Å²) < 4.78 is 5.55. The summed E-state index contributed by atoms with van der Waals surface area (Å²) in [5.41, 5.74) is 0. The van der Waals surface area contributed by atoms with Crippen molar-refractivity contribution >= 4 is 11.8 Å². The molecule has 0 aromatic rings. The molecule has 0 aromatic heterocycles. The topological polar surface area (TPSA) is 24.5 Å². The van der Waals surface area contributed by atoms with E-state index in [0.717, 1.165) is 26.2 Å². The Kier molecular flexibility index (Phi) is 6.64. The lowest BCUT2D eigenvalue weighted by Crippen LogP contribution is -2.46. The highest BCUT2D eigenvalue weighted by atomic mass is 32.2. The monoisotopic (exact) mass is 232 g/mol. The zero-order chi connectivity index (χ0) is 11.1. The fourth-order valence-electron chi connectivity index (χ4n) is 2.10. The Bertz CT molecular complexity index is 169. The van der Waals surface area contributed by atoms with E-state index in [1.54, 1.807) is 0 Å². The van der Waals surface area contributed by atoms with Crippen molar-refractivity contribution in [2.24, 2.45) is 5.92 Å². The van der Waals surface area contributed by atoms with Crippen molar-refractivity contribution in [3.8, 4) is 0 Å². The summed E-state index contributed by atoms with van der Waals surface area (Å²) in [4.78, 5) is 2.42. The van der Waals surface area contributed by atoms with Crippen molar-refractivity contribution < 1.29 is 4.74 Å². The summed E-state index contributed by atoms with van der Waals surface area (Å²) in [5.74, 6) is 1.87. The molecule has 1 N–H and O–H groups in total. The Hall–Kier alpha value is 0.230. The van der Waals surface area contributed by atoms with Gasteiger partial charge in [0.2, 0.25) is 0 Å². The number of nitrogens with one attached hydrogen (secondary N) is 1. The molecule has 2 unspecified atom stereocenters. The van der Waals surface area contributed by atoms with Crippen molar-refractivity contribution in [3.05, 3.63) is 0 Å². The van der Waals surface area contributed by atoms with E-state index in [2.05, 4.69) is 30.6 Å². The molecule has 1 heterocycles. The number of ether oxygens (including phenoxy) is 1. The predicted octanol–water partition coefficient (Wildman–Crippen LogP) is 0.906. The first-order chi connectivity index (χ1) is 7.27. The van der Waals surface area contributed by atoms with Crippen molar-refractivity contribution in [2.45, 2.75) is 12.5 Å². The van der Waals surface area contributed by atoms with Crippen LogP contribution in [0.5, 0.6) is 0 Å². The minimum absolute atomic E-state index is 0.635. The van der Waals surface area contributed by atoms with E-state index < -0.39 is 0 Å². The molecule has 2 atom stereocenters. The van der Waals surface area contributed by atoms with Crippen LogP contribution in [0.4, 0.5) is 0 Å². The molecule has 0 amide bonds. The molecule has 1 aliphatic rings. The van der Waals surface area contributed by atoms with Gasteiger partial charge in [0, 0.05) is 37.4 Å². The zero-order valence-corrected chi connectivity index (χ0v) is 11.0. The van der Waals surface area contributed by atoms with E-state index in [0.29, 0.717) is 12.0 Å². The number of rotatable bonds is 6. The first-order valence-electron chi connectivity index (χ1n) is 5.70. The standard InChI is InChI=1S/C11H24N2OS/c1-12-11-4-6-14-9-10(11)8-13(2)5-7-15-3/h10-12H,4-9H2,1-3H3. The molecule has 1 saturated heterocycles. The summed E-state index contributed by atoms with van der Waals surface area (Å²) in [7, 11) is 4.27. The van der Waals surface area contributed by atoms with Gasteiger partial charge in [-0.3, -0.25) is 0 Å². The molecule has 0 aliphatic carbocycles. The molecule has 15 heavy (non-hydrogen) atoms. The van der Waals surface area contributed by atoms with Gasteiger partial charge in [-0.1, -0.05) is 0 Å². The second-order valence-corrected chi connectivity index (χ2v) is 5.26. The molecule has 1 aliphatic heterocycles. The third-order valence-electron chi connectivity index (χ3n) is 3.07. The molecular weight excluding hydrogens is 208 g/mol. The lowest BCUT2D eigenvalue weighted by atomic mass is 9.95. The molecular formula is C11H24N2OS. The Morgan fingerprint density at radius 1 is 1.53 bits per heavy atom. The van der Waals surface area contributed by atoms with Gasteiger partial charge in [0.15, 0.2) is 0 Å². The Morgan fingerprint density at radius 2 is 2.33 bits per heavy atom. The minimum atomic E-state index is 0.635. The van der Waals surface area contributed by atoms with E-state index >= 15 is 0 Å². The van der Waals surface area contributed by atoms with Crippen molar-refractivity contribution in [2.75, 3.05) is 52.4 Å². The fourth-order valence-corrected chi connectivity index (χ4v) is 2.59. The summed E-state index contributed by atoms with van der Waals surface area (Å²) in [6, 6.07) is 0.635. The second-order valence-electron chi connectivity index (χ2n) is 4.27. The first kappa shape index (κ1) is 13.3. The highest BCUT2D eigenvalue weighted by Gasteiger charge is 2.25. The third kappa shape index (κ3) is 4.72. The van der Waals surface area contributed by atoms with Crippen LogP contribution in [-0.2, 0) is 4.74 Å². The minimum Gasteiger partial charge on any atom is -0.381 e. The maximum Gasteiger partial charge on any atom is 0.0521 e. The van der Waals surface area contributed by atoms with Gasteiger partial charge in [-0.25, -0.2) is 0 Å². The molecule has 0 bridgehead atoms. The van der Waals surface area contributed by atoms with Gasteiger partial charge < -0.3 is 15.0 Å². The van der Waals surface area contributed by atoms with Gasteiger partial charge in [-0.2, -0.15) is 11.8 Å². The normalized spacial score (nSPS) is 27.2. The fraction of sp³-hybridized carbons (Fsp3) is 1.00. The molecule has 0 saturated carbocycles. The quantitative estimate of drug-likeness (QED) is 0.735. The highest BCUT2D eigenvalue weighted by molar-refractivity contribution is 7.98. The van der Waals surface area contributed by atoms with Crippen LogP contribution in [0.2, 0.25) is 0 Å². The Balaban J connectivity index is 2.27. The van der Waals surface area contributed by atoms with Crippen LogP contribution in [0.1, 0.15) is 6.42 Å². The SMILES string of the molecule is CNC1CCOCC1CN(C)CCSC. The summed E-state index contributed by atoms with van der Waals surface area (Å²) >= 11 is 1.91. The highest BCUT2D eigenvalue weighted by Crippen LogP contribution is 2.15. The largest absolute Gasteiger partial charge is 0.381 e. The first-order valence-corrected chi connectivity index (χ1v) is 7.09. The smallest absolute Gasteiger partial charge is 0.0521 e. The van der Waals surface area contributed by atoms with Crippen LogP contribution in [0.3, 0.4) is 0 Å². The van der Waals surface area contributed by atoms with Crippen LogP contribution < -0.4 is 5.32 Å². The van der Waals surface area contributed by atoms with E-state index in [9.17, 15) is 0 Å². The van der Waals surface area contributed by atoms with E-state index in [1.807, 2.05) is 11.8 Å². The Labute approximate surface area is 97.9 Å². The number of thioether (sulfide) groups is 1. The average Bonchev–Trinajstić information content (AvgIpc) is 2.27. The molecule has 1 fully saturated rings. The van der Waals surface area contributed by atoms with Gasteiger partial charge in [-0.15, -0.1) is 0 Å². The van der Waals surface area contributed by atoms with E-state index in [4.69, 9.17) is 4.74 Å². The van der Waals surface area contributed by atoms with E-state index in [-0.39, 0.29) is 0 Å². The molecule has 0 aromatic carbocycles. The van der Waals surface area contributed by atoms with Gasteiger partial charge in [0.25, 0.3) is 0 Å². The lowest BCUT2D eigenvalue weighted by Gasteiger charge is -2.34. The van der Waals surface area contributed by atoms with Crippen LogP contribution >= 0.6 is 11.8 Å². The summed E-state index contributed by atoms with van der Waals surface area (Å²) in [6.45, 7) is 4.14. The molecule has 0 spiro atoms. The van der Waals surface area contributed by atoms with Gasteiger partial charge >= 0.3 is 0 Å². The second kappa shape index (κ2) is 7.49. The molecule has 90 valence electrons. The van der Waals surface area contributed by atoms with Crippen molar-refractivity contribution in [1.82, 2.24) is 10.2 Å². The van der Waals surface area contributed by atoms with Gasteiger partial charge in [0.1, 0.15) is 0 Å². The third-order valence-corrected chi connectivity index (χ3v) is 3.66. The number of nitrogens with zero attached hydrogens (tertiary/aromatic N) is 1. The van der Waals surface area contributed by atoms with Crippen LogP contribution in [0.15, 0.2) is 0 Å². The molecule has 4 heteroatoms. The molecule has 3 nitrogen and oxygen atoms in total. The lowest BCUT2D eigenvalue weighted by molar-refractivity contribution is 0.0224. The van der Waals surface area contributed by atoms with Crippen molar-refractivity contribution in [3.63, 3.8) is 0 Å². The van der Waals surface area contributed by atoms with Crippen molar-refractivity contribution in [1.29, 1.82) is 0 Å². The number of hydrogen-bond donors (Lipinski definition) is 1. The summed E-state index contributed by atoms with van der Waals surface area (Å²) in [5, 5.41) is 3.40. The van der Waals surface area contributed by atoms with Gasteiger partial charge in [-0.05, 0) is 26.8 Å². The zero-order valence-electron chi connectivity index (χ0n) is 10.2. The van der Waals surface area contributed by atoms with Crippen LogP contribution in [0.25, 0.3) is 0 Å². The van der Waals surface area contributed by atoms with Gasteiger partial charge in [0.05, 0.1) is 6.61 Å². The number of hydrogen-bond acceptors (Lipinski definition) is 4. The Morgan fingerprint density at radius 3 is 3.00 bits per heavy atom. The van der Waals surface area contributed by atoms with Crippen LogP contribution in [0, 0.1) is 5.92 Å². The van der Waals surface area contributed by atoms with E-state index in [1.165, 1.54) is 12.3 Å². The maximum atomic E-state index is 5.55. The summed E-state index contributed by atoms with van der Waals surface area (Å²) in [6.07, 6.45) is 3.31. The predicted molar refractivity (Wildman–Crippen MR) is 67.7 cm³/mol.